The molecule has 0 aliphatic heterocycles. The van der Waals surface area contributed by atoms with Gasteiger partial charge in [-0.2, -0.15) is 0 Å². The normalized spacial score (nSPS) is 14.1. The van der Waals surface area contributed by atoms with Crippen molar-refractivity contribution in [2.75, 3.05) is 19.8 Å². The molecule has 0 fully saturated rings. The number of esters is 1. The molecule has 0 amide bonds. The number of allylic oxidation sites excluding steroid dienone is 1. The van der Waals surface area contributed by atoms with Crippen molar-refractivity contribution in [3.8, 4) is 5.75 Å². The number of carbonyl (C=O) groups excluding carboxylic acids is 1. The van der Waals surface area contributed by atoms with E-state index < -0.39 is 6.10 Å². The zero-order valence-electron chi connectivity index (χ0n) is 14.7. The second-order valence-electron chi connectivity index (χ2n) is 5.75. The molecule has 2 N–H and O–H groups in total. The Labute approximate surface area is 143 Å². The molecule has 1 aromatic rings. The molecule has 5 heteroatoms. The van der Waals surface area contributed by atoms with E-state index in [9.17, 15) is 9.90 Å². The van der Waals surface area contributed by atoms with E-state index >= 15 is 0 Å². The summed E-state index contributed by atoms with van der Waals surface area (Å²) in [5, 5.41) is 19.2. The van der Waals surface area contributed by atoms with Crippen LogP contribution in [-0.4, -0.2) is 36.0 Å². The van der Waals surface area contributed by atoms with Crippen LogP contribution in [-0.2, 0) is 9.53 Å². The van der Waals surface area contributed by atoms with Crippen LogP contribution in [0.1, 0.15) is 45.3 Å². The first kappa shape index (κ1) is 20.2. The third kappa shape index (κ3) is 6.72. The van der Waals surface area contributed by atoms with E-state index in [1.807, 2.05) is 25.1 Å². The summed E-state index contributed by atoms with van der Waals surface area (Å²) in [7, 11) is 0. The molecule has 134 valence electrons. The van der Waals surface area contributed by atoms with Crippen LogP contribution < -0.4 is 4.74 Å². The second kappa shape index (κ2) is 10.8. The van der Waals surface area contributed by atoms with E-state index in [1.165, 1.54) is 0 Å². The monoisotopic (exact) mass is 336 g/mol. The zero-order valence-corrected chi connectivity index (χ0v) is 14.7. The van der Waals surface area contributed by atoms with Gasteiger partial charge in [-0.1, -0.05) is 25.1 Å². The Morgan fingerprint density at radius 1 is 1.29 bits per heavy atom. The van der Waals surface area contributed by atoms with Gasteiger partial charge in [0.1, 0.15) is 12.4 Å². The highest BCUT2D eigenvalue weighted by atomic mass is 16.5. The molecule has 1 rings (SSSR count). The SMILES string of the molecule is CCOC(=O)/C(C)=C/CC[C@@H](C)[C@H](O)c1ccc(OCCO)cc1. The van der Waals surface area contributed by atoms with Gasteiger partial charge in [0.15, 0.2) is 0 Å². The number of rotatable bonds is 10. The minimum Gasteiger partial charge on any atom is -0.491 e. The number of ether oxygens (including phenoxy) is 2. The summed E-state index contributed by atoms with van der Waals surface area (Å²) in [6.07, 6.45) is 2.75. The predicted molar refractivity (Wildman–Crippen MR) is 92.8 cm³/mol. The first-order valence-electron chi connectivity index (χ1n) is 8.35. The van der Waals surface area contributed by atoms with E-state index in [1.54, 1.807) is 26.0 Å². The van der Waals surface area contributed by atoms with E-state index in [0.29, 0.717) is 24.4 Å². The quantitative estimate of drug-likeness (QED) is 0.507. The summed E-state index contributed by atoms with van der Waals surface area (Å²) in [6.45, 7) is 6.10. The van der Waals surface area contributed by atoms with Gasteiger partial charge in [0, 0.05) is 5.57 Å². The fourth-order valence-electron chi connectivity index (χ4n) is 2.30. The lowest BCUT2D eigenvalue weighted by Gasteiger charge is -2.19. The topological polar surface area (TPSA) is 76.0 Å². The number of hydrogen-bond donors (Lipinski definition) is 2. The largest absolute Gasteiger partial charge is 0.491 e. The van der Waals surface area contributed by atoms with Crippen molar-refractivity contribution in [2.45, 2.75) is 39.7 Å². The number of aliphatic hydroxyl groups is 2. The van der Waals surface area contributed by atoms with Crippen LogP contribution in [0, 0.1) is 5.92 Å². The molecule has 0 saturated heterocycles. The lowest BCUT2D eigenvalue weighted by atomic mass is 9.93. The average molecular weight is 336 g/mol. The standard InChI is InChI=1S/C19H28O5/c1-4-23-19(22)15(3)7-5-6-14(2)18(21)16-8-10-17(11-9-16)24-13-12-20/h7-11,14,18,20-21H,4-6,12-13H2,1-3H3/b15-7+/t14-,18+/m1/s1. The molecule has 0 unspecified atom stereocenters. The molecule has 0 aromatic heterocycles. The molecule has 0 aliphatic rings. The van der Waals surface area contributed by atoms with Crippen LogP contribution >= 0.6 is 0 Å². The Hall–Kier alpha value is -1.85. The number of aliphatic hydroxyl groups excluding tert-OH is 2. The Kier molecular flexibility index (Phi) is 9.12. The summed E-state index contributed by atoms with van der Waals surface area (Å²) in [5.41, 5.74) is 1.42. The van der Waals surface area contributed by atoms with Gasteiger partial charge in [0.2, 0.25) is 0 Å². The Morgan fingerprint density at radius 3 is 2.54 bits per heavy atom. The van der Waals surface area contributed by atoms with Crippen molar-refractivity contribution in [3.63, 3.8) is 0 Å². The molecule has 0 aliphatic carbocycles. The maximum absolute atomic E-state index is 11.5. The number of benzene rings is 1. The zero-order chi connectivity index (χ0) is 17.9. The van der Waals surface area contributed by atoms with Crippen molar-refractivity contribution in [2.24, 2.45) is 5.92 Å². The fourth-order valence-corrected chi connectivity index (χ4v) is 2.30. The van der Waals surface area contributed by atoms with Crippen molar-refractivity contribution >= 4 is 5.97 Å². The fraction of sp³-hybridized carbons (Fsp3) is 0.526. The van der Waals surface area contributed by atoms with Crippen LogP contribution in [0.15, 0.2) is 35.9 Å². The average Bonchev–Trinajstić information content (AvgIpc) is 2.59. The molecule has 1 aromatic carbocycles. The summed E-state index contributed by atoms with van der Waals surface area (Å²) in [4.78, 5) is 11.5. The highest BCUT2D eigenvalue weighted by molar-refractivity contribution is 5.87. The summed E-state index contributed by atoms with van der Waals surface area (Å²) >= 11 is 0. The van der Waals surface area contributed by atoms with Crippen molar-refractivity contribution in [1.82, 2.24) is 0 Å². The van der Waals surface area contributed by atoms with E-state index in [2.05, 4.69) is 0 Å². The molecule has 0 bridgehead atoms. The number of hydrogen-bond acceptors (Lipinski definition) is 5. The highest BCUT2D eigenvalue weighted by Crippen LogP contribution is 2.27. The molecular weight excluding hydrogens is 308 g/mol. The summed E-state index contributed by atoms with van der Waals surface area (Å²) in [5.74, 6) is 0.435. The third-order valence-electron chi connectivity index (χ3n) is 3.79. The van der Waals surface area contributed by atoms with Crippen molar-refractivity contribution in [3.05, 3.63) is 41.5 Å². The summed E-state index contributed by atoms with van der Waals surface area (Å²) in [6, 6.07) is 7.22. The predicted octanol–water partition coefficient (Wildman–Crippen LogP) is 3.02. The molecule has 0 spiro atoms. The first-order chi connectivity index (χ1) is 11.5. The van der Waals surface area contributed by atoms with Crippen molar-refractivity contribution in [1.29, 1.82) is 0 Å². The van der Waals surface area contributed by atoms with E-state index in [-0.39, 0.29) is 25.1 Å². The second-order valence-corrected chi connectivity index (χ2v) is 5.75. The van der Waals surface area contributed by atoms with Crippen LogP contribution in [0.5, 0.6) is 5.75 Å². The van der Waals surface area contributed by atoms with E-state index in [4.69, 9.17) is 14.6 Å². The minimum absolute atomic E-state index is 0.0276. The lowest BCUT2D eigenvalue weighted by Crippen LogP contribution is -2.10. The Morgan fingerprint density at radius 2 is 1.96 bits per heavy atom. The number of carbonyl (C=O) groups is 1. The molecular formula is C19H28O5. The Balaban J connectivity index is 2.50. The van der Waals surface area contributed by atoms with Gasteiger partial charge < -0.3 is 19.7 Å². The van der Waals surface area contributed by atoms with Crippen LogP contribution in [0.4, 0.5) is 0 Å². The van der Waals surface area contributed by atoms with Gasteiger partial charge in [-0.25, -0.2) is 4.79 Å². The molecule has 24 heavy (non-hydrogen) atoms. The maximum Gasteiger partial charge on any atom is 0.333 e. The highest BCUT2D eigenvalue weighted by Gasteiger charge is 2.16. The maximum atomic E-state index is 11.5. The van der Waals surface area contributed by atoms with Gasteiger partial charge in [0.05, 0.1) is 19.3 Å². The molecule has 5 nitrogen and oxygen atoms in total. The van der Waals surface area contributed by atoms with Crippen molar-refractivity contribution < 1.29 is 24.5 Å². The van der Waals surface area contributed by atoms with Gasteiger partial charge in [0.25, 0.3) is 0 Å². The van der Waals surface area contributed by atoms with Crippen LogP contribution in [0.2, 0.25) is 0 Å². The van der Waals surface area contributed by atoms with Gasteiger partial charge in [-0.3, -0.25) is 0 Å². The van der Waals surface area contributed by atoms with Crippen LogP contribution in [0.3, 0.4) is 0 Å². The molecule has 2 atom stereocenters. The summed E-state index contributed by atoms with van der Waals surface area (Å²) < 4.78 is 10.2. The van der Waals surface area contributed by atoms with Gasteiger partial charge in [-0.05, 0) is 50.3 Å². The molecule has 0 saturated carbocycles. The smallest absolute Gasteiger partial charge is 0.333 e. The molecule has 0 radical (unpaired) electrons. The van der Waals surface area contributed by atoms with Gasteiger partial charge >= 0.3 is 5.97 Å². The Bertz CT molecular complexity index is 521. The van der Waals surface area contributed by atoms with Gasteiger partial charge in [-0.15, -0.1) is 0 Å². The lowest BCUT2D eigenvalue weighted by molar-refractivity contribution is -0.138. The first-order valence-corrected chi connectivity index (χ1v) is 8.35. The third-order valence-corrected chi connectivity index (χ3v) is 3.79. The minimum atomic E-state index is -0.576. The van der Waals surface area contributed by atoms with E-state index in [0.717, 1.165) is 12.0 Å². The van der Waals surface area contributed by atoms with Crippen LogP contribution in [0.25, 0.3) is 0 Å². The molecule has 0 heterocycles.